The molecule has 1 aromatic carbocycles. The number of alkyl halides is 1. The van der Waals surface area contributed by atoms with Crippen LogP contribution in [0.4, 0.5) is 4.39 Å². The first-order valence-corrected chi connectivity index (χ1v) is 7.92. The summed E-state index contributed by atoms with van der Waals surface area (Å²) in [4.78, 5) is 4.56. The molecule has 4 nitrogen and oxygen atoms in total. The van der Waals surface area contributed by atoms with E-state index in [-0.39, 0.29) is 11.2 Å². The molecular weight excluding hydrogens is 406 g/mol. The van der Waals surface area contributed by atoms with Crippen LogP contribution in [-0.4, -0.2) is 19.3 Å². The molecule has 0 fully saturated rings. The van der Waals surface area contributed by atoms with Gasteiger partial charge in [0.2, 0.25) is 0 Å². The SMILES string of the molecule is Cc1nn(C)cc1-n1c(C(C)Cl)nc2cc(I)c(F)cc21. The van der Waals surface area contributed by atoms with Gasteiger partial charge in [-0.3, -0.25) is 9.25 Å². The van der Waals surface area contributed by atoms with Crippen LogP contribution in [0.1, 0.15) is 23.8 Å². The smallest absolute Gasteiger partial charge is 0.138 e. The first-order valence-electron chi connectivity index (χ1n) is 6.40. The predicted molar refractivity (Wildman–Crippen MR) is 89.5 cm³/mol. The van der Waals surface area contributed by atoms with Crippen LogP contribution >= 0.6 is 34.2 Å². The molecule has 7 heteroatoms. The van der Waals surface area contributed by atoms with E-state index < -0.39 is 0 Å². The van der Waals surface area contributed by atoms with E-state index in [0.29, 0.717) is 14.9 Å². The van der Waals surface area contributed by atoms with Crippen LogP contribution in [0, 0.1) is 16.3 Å². The van der Waals surface area contributed by atoms with Gasteiger partial charge in [0.25, 0.3) is 0 Å². The van der Waals surface area contributed by atoms with Gasteiger partial charge < -0.3 is 0 Å². The molecule has 0 bridgehead atoms. The number of aryl methyl sites for hydroxylation is 2. The molecule has 0 saturated carbocycles. The number of hydrogen-bond acceptors (Lipinski definition) is 2. The monoisotopic (exact) mass is 418 g/mol. The molecule has 0 N–H and O–H groups in total. The third-order valence-corrected chi connectivity index (χ3v) is 4.33. The molecule has 0 aliphatic rings. The van der Waals surface area contributed by atoms with Gasteiger partial charge in [0, 0.05) is 19.3 Å². The fourth-order valence-electron chi connectivity index (χ4n) is 2.42. The Labute approximate surface area is 140 Å². The molecule has 0 aliphatic heterocycles. The number of imidazole rings is 1. The topological polar surface area (TPSA) is 35.6 Å². The van der Waals surface area contributed by atoms with Gasteiger partial charge >= 0.3 is 0 Å². The molecule has 2 heterocycles. The maximum absolute atomic E-state index is 14.0. The molecule has 0 radical (unpaired) electrons. The van der Waals surface area contributed by atoms with Crippen LogP contribution in [0.3, 0.4) is 0 Å². The number of halogens is 3. The third kappa shape index (κ3) is 2.44. The van der Waals surface area contributed by atoms with Gasteiger partial charge in [-0.15, -0.1) is 11.6 Å². The van der Waals surface area contributed by atoms with Crippen molar-refractivity contribution in [2.45, 2.75) is 19.2 Å². The van der Waals surface area contributed by atoms with E-state index in [2.05, 4.69) is 10.1 Å². The lowest BCUT2D eigenvalue weighted by Gasteiger charge is -2.09. The summed E-state index contributed by atoms with van der Waals surface area (Å²) in [5, 5.41) is 4.05. The highest BCUT2D eigenvalue weighted by atomic mass is 127. The number of fused-ring (bicyclic) bond motifs is 1. The number of nitrogens with zero attached hydrogens (tertiary/aromatic N) is 4. The molecule has 2 aromatic heterocycles. The summed E-state index contributed by atoms with van der Waals surface area (Å²) in [6.45, 7) is 3.76. The molecule has 3 aromatic rings. The van der Waals surface area contributed by atoms with E-state index in [4.69, 9.17) is 11.6 Å². The van der Waals surface area contributed by atoms with Gasteiger partial charge in [-0.1, -0.05) is 0 Å². The minimum Gasteiger partial charge on any atom is -0.291 e. The summed E-state index contributed by atoms with van der Waals surface area (Å²) in [5.41, 5.74) is 3.13. The summed E-state index contributed by atoms with van der Waals surface area (Å²) >= 11 is 8.22. The molecular formula is C14H13ClFIN4. The fraction of sp³-hybridized carbons (Fsp3) is 0.286. The Hall–Kier alpha value is -1.15. The number of benzene rings is 1. The lowest BCUT2D eigenvalue weighted by molar-refractivity contribution is 0.621. The van der Waals surface area contributed by atoms with Crippen molar-refractivity contribution >= 4 is 45.2 Å². The fourth-order valence-corrected chi connectivity index (χ4v) is 3.02. The van der Waals surface area contributed by atoms with Crippen LogP contribution in [0.15, 0.2) is 18.3 Å². The standard InChI is InChI=1S/C14H13ClFIN4/c1-7(15)14-18-11-5-10(17)9(16)4-12(11)21(14)13-6-20(3)19-8(13)2/h4-7H,1-3H3. The normalized spacial score (nSPS) is 13.0. The van der Waals surface area contributed by atoms with E-state index in [0.717, 1.165) is 16.9 Å². The highest BCUT2D eigenvalue weighted by Gasteiger charge is 2.20. The van der Waals surface area contributed by atoms with Gasteiger partial charge in [-0.25, -0.2) is 9.37 Å². The largest absolute Gasteiger partial charge is 0.291 e. The highest BCUT2D eigenvalue weighted by molar-refractivity contribution is 14.1. The van der Waals surface area contributed by atoms with Crippen LogP contribution in [0.5, 0.6) is 0 Å². The molecule has 3 rings (SSSR count). The van der Waals surface area contributed by atoms with Crippen molar-refractivity contribution < 1.29 is 4.39 Å². The quantitative estimate of drug-likeness (QED) is 0.464. The number of hydrogen-bond donors (Lipinski definition) is 0. The van der Waals surface area contributed by atoms with Gasteiger partial charge in [0.1, 0.15) is 11.6 Å². The van der Waals surface area contributed by atoms with E-state index >= 15 is 0 Å². The zero-order chi connectivity index (χ0) is 15.3. The van der Waals surface area contributed by atoms with Crippen molar-refractivity contribution in [2.75, 3.05) is 0 Å². The van der Waals surface area contributed by atoms with Gasteiger partial charge in [-0.2, -0.15) is 5.10 Å². The Morgan fingerprint density at radius 1 is 1.38 bits per heavy atom. The number of rotatable bonds is 2. The Bertz CT molecular complexity index is 837. The lowest BCUT2D eigenvalue weighted by Crippen LogP contribution is -2.02. The van der Waals surface area contributed by atoms with Gasteiger partial charge in [0.05, 0.1) is 31.4 Å². The second-order valence-electron chi connectivity index (χ2n) is 4.95. The molecule has 21 heavy (non-hydrogen) atoms. The van der Waals surface area contributed by atoms with Gasteiger partial charge in [-0.05, 0) is 42.5 Å². The molecule has 0 spiro atoms. The summed E-state index contributed by atoms with van der Waals surface area (Å²) in [7, 11) is 1.85. The van der Waals surface area contributed by atoms with Crippen LogP contribution < -0.4 is 0 Å². The zero-order valence-corrected chi connectivity index (χ0v) is 14.6. The summed E-state index contributed by atoms with van der Waals surface area (Å²) in [6.07, 6.45) is 1.88. The Morgan fingerprint density at radius 2 is 2.10 bits per heavy atom. The third-order valence-electron chi connectivity index (χ3n) is 3.31. The lowest BCUT2D eigenvalue weighted by atomic mass is 10.3. The summed E-state index contributed by atoms with van der Waals surface area (Å²) in [5.74, 6) is 0.420. The minimum absolute atomic E-state index is 0.264. The van der Waals surface area contributed by atoms with Crippen LogP contribution in [-0.2, 0) is 7.05 Å². The average Bonchev–Trinajstić information content (AvgIpc) is 2.90. The second-order valence-corrected chi connectivity index (χ2v) is 6.77. The van der Waals surface area contributed by atoms with E-state index in [1.54, 1.807) is 10.7 Å². The first-order chi connectivity index (χ1) is 9.88. The molecule has 0 amide bonds. The van der Waals surface area contributed by atoms with Crippen LogP contribution in [0.25, 0.3) is 16.7 Å². The van der Waals surface area contributed by atoms with Crippen LogP contribution in [0.2, 0.25) is 0 Å². The molecule has 1 unspecified atom stereocenters. The highest BCUT2D eigenvalue weighted by Crippen LogP contribution is 2.30. The van der Waals surface area contributed by atoms with Crippen molar-refractivity contribution in [1.82, 2.24) is 19.3 Å². The molecule has 110 valence electrons. The molecule has 0 aliphatic carbocycles. The number of aromatic nitrogens is 4. The minimum atomic E-state index is -0.294. The summed E-state index contributed by atoms with van der Waals surface area (Å²) in [6, 6.07) is 3.23. The van der Waals surface area contributed by atoms with Gasteiger partial charge in [0.15, 0.2) is 0 Å². The summed E-state index contributed by atoms with van der Waals surface area (Å²) < 4.78 is 18.1. The van der Waals surface area contributed by atoms with Crippen molar-refractivity contribution in [1.29, 1.82) is 0 Å². The van der Waals surface area contributed by atoms with Crippen molar-refractivity contribution in [3.05, 3.63) is 39.2 Å². The second kappa shape index (κ2) is 5.24. The van der Waals surface area contributed by atoms with E-state index in [1.807, 2.05) is 54.2 Å². The maximum atomic E-state index is 14.0. The first kappa shape index (κ1) is 14.8. The predicted octanol–water partition coefficient (Wildman–Crippen LogP) is 4.11. The molecule has 0 saturated heterocycles. The van der Waals surface area contributed by atoms with E-state index in [1.165, 1.54) is 6.07 Å². The van der Waals surface area contributed by atoms with E-state index in [9.17, 15) is 4.39 Å². The van der Waals surface area contributed by atoms with Crippen molar-refractivity contribution in [3.63, 3.8) is 0 Å². The Kier molecular flexibility index (Phi) is 3.69. The average molecular weight is 419 g/mol. The Balaban J connectivity index is 2.40. The van der Waals surface area contributed by atoms with Crippen molar-refractivity contribution in [2.24, 2.45) is 7.05 Å². The molecule has 1 atom stereocenters. The maximum Gasteiger partial charge on any atom is 0.138 e. The van der Waals surface area contributed by atoms with Crippen molar-refractivity contribution in [3.8, 4) is 5.69 Å². The zero-order valence-electron chi connectivity index (χ0n) is 11.7. The Morgan fingerprint density at radius 3 is 2.67 bits per heavy atom.